The monoisotopic (exact) mass is 548 g/mol. The lowest BCUT2D eigenvalue weighted by Crippen LogP contribution is -2.14. The smallest absolute Gasteiger partial charge is 0.349 e. The summed E-state index contributed by atoms with van der Waals surface area (Å²) in [5.74, 6) is -10.6. The van der Waals surface area contributed by atoms with E-state index in [1.54, 1.807) is 6.07 Å². The summed E-state index contributed by atoms with van der Waals surface area (Å²) in [6.45, 7) is 0.427. The van der Waals surface area contributed by atoms with E-state index < -0.39 is 64.8 Å². The quantitative estimate of drug-likeness (QED) is 0.126. The molecular formula is C29H19F7O3. The number of ether oxygens (including phenoxy) is 2. The normalized spacial score (nSPS) is 11.0. The zero-order chi connectivity index (χ0) is 28.3. The van der Waals surface area contributed by atoms with Gasteiger partial charge in [-0.1, -0.05) is 37.6 Å². The minimum atomic E-state index is -1.63. The predicted octanol–water partition coefficient (Wildman–Crippen LogP) is 8.33. The van der Waals surface area contributed by atoms with E-state index in [2.05, 4.69) is 9.47 Å². The Bertz CT molecular complexity index is 1510. The number of alkyl halides is 1. The van der Waals surface area contributed by atoms with Gasteiger partial charge in [-0.3, -0.25) is 0 Å². The van der Waals surface area contributed by atoms with Gasteiger partial charge in [0.05, 0.1) is 0 Å². The van der Waals surface area contributed by atoms with Gasteiger partial charge in [-0.2, -0.15) is 0 Å². The van der Waals surface area contributed by atoms with Crippen LogP contribution in [0.25, 0.3) is 22.3 Å². The summed E-state index contributed by atoms with van der Waals surface area (Å²) in [7, 11) is 0. The molecule has 0 saturated carbocycles. The molecule has 0 radical (unpaired) electrons. The number of hydrogen-bond donors (Lipinski definition) is 0. The summed E-state index contributed by atoms with van der Waals surface area (Å²) in [5, 5.41) is 0. The molecule has 0 fully saturated rings. The maximum Gasteiger partial charge on any atom is 0.349 e. The second-order valence-corrected chi connectivity index (χ2v) is 8.43. The van der Waals surface area contributed by atoms with Crippen LogP contribution in [0.1, 0.15) is 29.3 Å². The third kappa shape index (κ3) is 5.89. The highest BCUT2D eigenvalue weighted by molar-refractivity contribution is 5.92. The molecule has 0 N–H and O–H groups in total. The third-order valence-corrected chi connectivity index (χ3v) is 5.79. The van der Waals surface area contributed by atoms with E-state index in [9.17, 15) is 35.5 Å². The first kappa shape index (κ1) is 27.7. The molecule has 3 nitrogen and oxygen atoms in total. The van der Waals surface area contributed by atoms with Gasteiger partial charge in [0.2, 0.25) is 6.86 Å². The average molecular weight is 548 g/mol. The molecule has 0 spiro atoms. The highest BCUT2D eigenvalue weighted by Gasteiger charge is 2.24. The van der Waals surface area contributed by atoms with Crippen LogP contribution in [-0.4, -0.2) is 12.8 Å². The minimum absolute atomic E-state index is 0.146. The summed E-state index contributed by atoms with van der Waals surface area (Å²) in [6, 6.07) is 10.5. The van der Waals surface area contributed by atoms with Gasteiger partial charge in [-0.05, 0) is 47.4 Å². The number of rotatable bonds is 8. The lowest BCUT2D eigenvalue weighted by molar-refractivity contribution is 0.0723. The van der Waals surface area contributed by atoms with E-state index in [1.807, 2.05) is 6.92 Å². The molecule has 39 heavy (non-hydrogen) atoms. The molecular weight excluding hydrogens is 529 g/mol. The third-order valence-electron chi connectivity index (χ3n) is 5.79. The molecule has 0 bridgehead atoms. The molecule has 10 heteroatoms. The van der Waals surface area contributed by atoms with Gasteiger partial charge in [0.1, 0.15) is 34.6 Å². The van der Waals surface area contributed by atoms with Crippen LogP contribution < -0.4 is 9.47 Å². The lowest BCUT2D eigenvalue weighted by atomic mass is 9.97. The molecule has 4 aromatic rings. The molecule has 0 aromatic heterocycles. The number of carbonyl (C=O) groups is 1. The van der Waals surface area contributed by atoms with Gasteiger partial charge in [-0.15, -0.1) is 0 Å². The molecule has 0 aliphatic heterocycles. The van der Waals surface area contributed by atoms with Crippen LogP contribution in [0.4, 0.5) is 30.7 Å². The van der Waals surface area contributed by atoms with Crippen molar-refractivity contribution in [3.05, 3.63) is 107 Å². The zero-order valence-corrected chi connectivity index (χ0v) is 20.3. The molecule has 0 heterocycles. The van der Waals surface area contributed by atoms with Crippen LogP contribution >= 0.6 is 0 Å². The van der Waals surface area contributed by atoms with Crippen molar-refractivity contribution in [2.75, 3.05) is 6.86 Å². The Labute approximate surface area is 218 Å². The molecule has 4 aromatic carbocycles. The standard InChI is InChI=1S/C29H19F7O3/c1-2-3-15-4-6-19(21(31)8-15)16-5-7-20(22(32)9-16)17-10-23(33)27(24(34)11-17)29(37)39-18-12-25(35)28(38-14-30)26(36)13-18/h4-13H,2-3,14H2,1H3. The second-order valence-electron chi connectivity index (χ2n) is 8.43. The van der Waals surface area contributed by atoms with Crippen molar-refractivity contribution >= 4 is 5.97 Å². The highest BCUT2D eigenvalue weighted by Crippen LogP contribution is 2.33. The summed E-state index contributed by atoms with van der Waals surface area (Å²) in [6.07, 6.45) is 1.51. The van der Waals surface area contributed by atoms with E-state index >= 15 is 0 Å². The fraction of sp³-hybridized carbons (Fsp3) is 0.138. The lowest BCUT2D eigenvalue weighted by Gasteiger charge is -2.12. The topological polar surface area (TPSA) is 35.5 Å². The molecule has 0 atom stereocenters. The molecule has 0 amide bonds. The maximum atomic E-state index is 15.0. The summed E-state index contributed by atoms with van der Waals surface area (Å²) < 4.78 is 108. The molecule has 0 aliphatic rings. The van der Waals surface area contributed by atoms with Crippen molar-refractivity contribution in [2.45, 2.75) is 19.8 Å². The first-order chi connectivity index (χ1) is 18.6. The number of hydrogen-bond acceptors (Lipinski definition) is 3. The average Bonchev–Trinajstić information content (AvgIpc) is 2.86. The zero-order valence-electron chi connectivity index (χ0n) is 20.3. The van der Waals surface area contributed by atoms with Gasteiger partial charge in [0.25, 0.3) is 0 Å². The predicted molar refractivity (Wildman–Crippen MR) is 129 cm³/mol. The number of carbonyl (C=O) groups excluding carboxylic acids is 1. The first-order valence-electron chi connectivity index (χ1n) is 11.6. The summed E-state index contributed by atoms with van der Waals surface area (Å²) in [4.78, 5) is 12.4. The van der Waals surface area contributed by atoms with Crippen molar-refractivity contribution < 1.29 is 45.0 Å². The molecule has 202 valence electrons. The molecule has 0 saturated heterocycles. The van der Waals surface area contributed by atoms with Gasteiger partial charge >= 0.3 is 5.97 Å². The van der Waals surface area contributed by atoms with Gasteiger partial charge < -0.3 is 9.47 Å². The van der Waals surface area contributed by atoms with Crippen LogP contribution in [0.15, 0.2) is 60.7 Å². The van der Waals surface area contributed by atoms with Crippen molar-refractivity contribution in [2.24, 2.45) is 0 Å². The van der Waals surface area contributed by atoms with E-state index in [-0.39, 0.29) is 22.3 Å². The van der Waals surface area contributed by atoms with Crippen LogP contribution in [0.2, 0.25) is 0 Å². The highest BCUT2D eigenvalue weighted by atomic mass is 19.2. The SMILES string of the molecule is CCCc1ccc(-c2ccc(-c3cc(F)c(C(=O)Oc4cc(F)c(OCF)c(F)c4)c(F)c3)c(F)c2)c(F)c1. The van der Waals surface area contributed by atoms with Crippen LogP contribution in [0.3, 0.4) is 0 Å². The fourth-order valence-corrected chi connectivity index (χ4v) is 4.02. The number of aryl methyl sites for hydroxylation is 1. The Morgan fingerprint density at radius 2 is 1.26 bits per heavy atom. The minimum Gasteiger partial charge on any atom is -0.457 e. The Hall–Kier alpha value is -4.34. The number of benzene rings is 4. The number of halogens is 7. The van der Waals surface area contributed by atoms with Gasteiger partial charge in [0.15, 0.2) is 17.4 Å². The second kappa shape index (κ2) is 11.6. The van der Waals surface area contributed by atoms with E-state index in [4.69, 9.17) is 0 Å². The van der Waals surface area contributed by atoms with Crippen molar-refractivity contribution in [1.29, 1.82) is 0 Å². The maximum absolute atomic E-state index is 15.0. The molecule has 4 rings (SSSR count). The molecule has 0 unspecified atom stereocenters. The van der Waals surface area contributed by atoms with Crippen LogP contribution in [0, 0.1) is 34.9 Å². The number of esters is 1. The van der Waals surface area contributed by atoms with E-state index in [1.165, 1.54) is 24.3 Å². The summed E-state index contributed by atoms with van der Waals surface area (Å²) in [5.41, 5.74) is -0.553. The van der Waals surface area contributed by atoms with Crippen molar-refractivity contribution in [1.82, 2.24) is 0 Å². The fourth-order valence-electron chi connectivity index (χ4n) is 4.02. The Balaban J connectivity index is 1.60. The van der Waals surface area contributed by atoms with Crippen LogP contribution in [-0.2, 0) is 6.42 Å². The van der Waals surface area contributed by atoms with Gasteiger partial charge in [-0.25, -0.2) is 35.5 Å². The largest absolute Gasteiger partial charge is 0.457 e. The van der Waals surface area contributed by atoms with Crippen molar-refractivity contribution in [3.8, 4) is 33.8 Å². The first-order valence-corrected chi connectivity index (χ1v) is 11.6. The summed E-state index contributed by atoms with van der Waals surface area (Å²) >= 11 is 0. The Morgan fingerprint density at radius 1 is 0.692 bits per heavy atom. The van der Waals surface area contributed by atoms with Gasteiger partial charge in [0, 0.05) is 23.3 Å². The van der Waals surface area contributed by atoms with Crippen molar-refractivity contribution in [3.63, 3.8) is 0 Å². The Kier molecular flexibility index (Phi) is 8.23. The van der Waals surface area contributed by atoms with E-state index in [0.717, 1.165) is 18.1 Å². The molecule has 0 aliphatic carbocycles. The van der Waals surface area contributed by atoms with E-state index in [0.29, 0.717) is 30.7 Å². The Morgan fingerprint density at radius 3 is 1.82 bits per heavy atom. The van der Waals surface area contributed by atoms with Crippen LogP contribution in [0.5, 0.6) is 11.5 Å².